The van der Waals surface area contributed by atoms with E-state index in [9.17, 15) is 4.79 Å². The Morgan fingerprint density at radius 3 is 2.94 bits per heavy atom. The highest BCUT2D eigenvalue weighted by Crippen LogP contribution is 2.30. The van der Waals surface area contributed by atoms with Gasteiger partial charge in [0.05, 0.1) is 11.3 Å². The van der Waals surface area contributed by atoms with E-state index < -0.39 is 0 Å². The minimum atomic E-state index is -0.262. The third-order valence-electron chi connectivity index (χ3n) is 1.93. The third kappa shape index (κ3) is 2.70. The lowest BCUT2D eigenvalue weighted by Crippen LogP contribution is -2.11. The van der Waals surface area contributed by atoms with E-state index >= 15 is 0 Å². The van der Waals surface area contributed by atoms with Crippen LogP contribution in [0.4, 0.5) is 5.69 Å². The number of hydrogen-bond donors (Lipinski definition) is 2. The van der Waals surface area contributed by atoms with Crippen molar-refractivity contribution in [3.63, 3.8) is 0 Å². The molecule has 0 aliphatic carbocycles. The highest BCUT2D eigenvalue weighted by Gasteiger charge is 2.10. The molecule has 1 aromatic carbocycles. The van der Waals surface area contributed by atoms with Crippen LogP contribution in [0, 0.1) is 3.57 Å². The monoisotopic (exact) mass is 363 g/mol. The molecule has 5 nitrogen and oxygen atoms in total. The zero-order valence-electron chi connectivity index (χ0n) is 8.41. The van der Waals surface area contributed by atoms with Crippen molar-refractivity contribution in [3.8, 4) is 11.6 Å². The molecule has 0 aliphatic heterocycles. The Labute approximate surface area is 115 Å². The molecule has 0 bridgehead atoms. The number of halogens is 2. The van der Waals surface area contributed by atoms with Gasteiger partial charge in [0.25, 0.3) is 5.56 Å². The second-order valence-electron chi connectivity index (χ2n) is 3.14. The average Bonchev–Trinajstić information content (AvgIpc) is 2.28. The zero-order valence-corrected chi connectivity index (χ0v) is 11.3. The van der Waals surface area contributed by atoms with Gasteiger partial charge in [-0.1, -0.05) is 11.6 Å². The summed E-state index contributed by atoms with van der Waals surface area (Å²) >= 11 is 7.80. The first kappa shape index (κ1) is 12.2. The van der Waals surface area contributed by atoms with E-state index in [1.54, 1.807) is 18.2 Å². The van der Waals surface area contributed by atoms with Gasteiger partial charge in [-0.25, -0.2) is 4.98 Å². The molecular weight excluding hydrogens is 356 g/mol. The number of anilines is 1. The topological polar surface area (TPSA) is 81.0 Å². The second-order valence-corrected chi connectivity index (χ2v) is 4.63. The first-order valence-electron chi connectivity index (χ1n) is 4.54. The van der Waals surface area contributed by atoms with Crippen LogP contribution >= 0.6 is 34.2 Å². The lowest BCUT2D eigenvalue weighted by Gasteiger charge is -2.07. The van der Waals surface area contributed by atoms with E-state index in [2.05, 4.69) is 9.97 Å². The first-order valence-corrected chi connectivity index (χ1v) is 5.99. The Balaban J connectivity index is 2.38. The number of rotatable bonds is 2. The molecular formula is C10H7ClIN3O2. The van der Waals surface area contributed by atoms with E-state index in [1.165, 1.54) is 6.33 Å². The number of nitrogens with zero attached hydrogens (tertiary/aromatic N) is 1. The lowest BCUT2D eigenvalue weighted by molar-refractivity contribution is 0.457. The quantitative estimate of drug-likeness (QED) is 0.634. The van der Waals surface area contributed by atoms with Crippen LogP contribution in [-0.4, -0.2) is 9.97 Å². The Morgan fingerprint density at radius 2 is 2.24 bits per heavy atom. The Hall–Kier alpha value is -1.28. The number of ether oxygens (including phenoxy) is 1. The normalized spacial score (nSPS) is 10.2. The summed E-state index contributed by atoms with van der Waals surface area (Å²) in [6, 6.07) is 4.84. The smallest absolute Gasteiger partial charge is 0.268 e. The summed E-state index contributed by atoms with van der Waals surface area (Å²) in [7, 11) is 0. The third-order valence-corrected chi connectivity index (χ3v) is 3.17. The van der Waals surface area contributed by atoms with Crippen LogP contribution in [0.2, 0.25) is 5.02 Å². The maximum Gasteiger partial charge on any atom is 0.268 e. The number of nitrogens with two attached hydrogens (primary N) is 1. The van der Waals surface area contributed by atoms with E-state index in [1.807, 2.05) is 22.6 Å². The molecule has 0 aliphatic rings. The van der Waals surface area contributed by atoms with Crippen molar-refractivity contribution in [3.05, 3.63) is 43.5 Å². The van der Waals surface area contributed by atoms with Crippen molar-refractivity contribution < 1.29 is 4.74 Å². The predicted octanol–water partition coefficient (Wildman–Crippen LogP) is 2.40. The molecule has 0 saturated carbocycles. The van der Waals surface area contributed by atoms with E-state index in [4.69, 9.17) is 22.1 Å². The molecule has 2 aromatic rings. The number of nitrogen functional groups attached to an aromatic ring is 1. The van der Waals surface area contributed by atoms with Gasteiger partial charge in [-0.05, 0) is 40.8 Å². The molecule has 3 N–H and O–H groups in total. The van der Waals surface area contributed by atoms with Crippen molar-refractivity contribution in [2.75, 3.05) is 5.73 Å². The summed E-state index contributed by atoms with van der Waals surface area (Å²) in [4.78, 5) is 17.7. The predicted molar refractivity (Wildman–Crippen MR) is 73.5 cm³/mol. The van der Waals surface area contributed by atoms with Gasteiger partial charge in [0.15, 0.2) is 0 Å². The van der Waals surface area contributed by atoms with E-state index in [0.717, 1.165) is 0 Å². The van der Waals surface area contributed by atoms with Crippen LogP contribution in [0.1, 0.15) is 0 Å². The molecule has 0 atom stereocenters. The molecule has 0 spiro atoms. The summed E-state index contributed by atoms with van der Waals surface area (Å²) in [5.41, 5.74) is 5.84. The van der Waals surface area contributed by atoms with Crippen molar-refractivity contribution in [2.45, 2.75) is 0 Å². The molecule has 0 saturated heterocycles. The summed E-state index contributed by atoms with van der Waals surface area (Å²) in [6.45, 7) is 0. The zero-order chi connectivity index (χ0) is 12.4. The van der Waals surface area contributed by atoms with Gasteiger partial charge in [0, 0.05) is 5.69 Å². The molecule has 2 rings (SSSR count). The maximum atomic E-state index is 11.3. The van der Waals surface area contributed by atoms with Gasteiger partial charge in [-0.15, -0.1) is 0 Å². The van der Waals surface area contributed by atoms with Gasteiger partial charge < -0.3 is 15.5 Å². The van der Waals surface area contributed by atoms with Gasteiger partial charge in [0.1, 0.15) is 9.32 Å². The first-order chi connectivity index (χ1) is 8.08. The fourth-order valence-corrected chi connectivity index (χ4v) is 1.77. The summed E-state index contributed by atoms with van der Waals surface area (Å²) < 4.78 is 5.81. The van der Waals surface area contributed by atoms with Crippen LogP contribution in [0.5, 0.6) is 11.6 Å². The van der Waals surface area contributed by atoms with Crippen molar-refractivity contribution in [1.29, 1.82) is 0 Å². The van der Waals surface area contributed by atoms with E-state index in [0.29, 0.717) is 20.0 Å². The second kappa shape index (κ2) is 4.92. The lowest BCUT2D eigenvalue weighted by atomic mass is 10.3. The number of aromatic amines is 1. The van der Waals surface area contributed by atoms with Gasteiger partial charge in [-0.2, -0.15) is 0 Å². The minimum Gasteiger partial charge on any atom is -0.436 e. The Morgan fingerprint density at radius 1 is 1.47 bits per heavy atom. The SMILES string of the molecule is Nc1ccc(Oc2nc[nH]c(=O)c2I)c(Cl)c1. The fourth-order valence-electron chi connectivity index (χ4n) is 1.14. The van der Waals surface area contributed by atoms with Crippen molar-refractivity contribution >= 4 is 39.9 Å². The van der Waals surface area contributed by atoms with Crippen molar-refractivity contribution in [1.82, 2.24) is 9.97 Å². The average molecular weight is 364 g/mol. The Kier molecular flexibility index (Phi) is 3.53. The molecule has 88 valence electrons. The number of nitrogens with one attached hydrogen (secondary N) is 1. The Bertz CT molecular complexity index is 615. The molecule has 7 heteroatoms. The summed E-state index contributed by atoms with van der Waals surface area (Å²) in [5, 5.41) is 0.364. The van der Waals surface area contributed by atoms with Crippen LogP contribution in [0.25, 0.3) is 0 Å². The maximum absolute atomic E-state index is 11.3. The number of hydrogen-bond acceptors (Lipinski definition) is 4. The summed E-state index contributed by atoms with van der Waals surface area (Å²) in [6.07, 6.45) is 1.27. The molecule has 17 heavy (non-hydrogen) atoms. The van der Waals surface area contributed by atoms with Crippen LogP contribution < -0.4 is 16.0 Å². The summed E-state index contributed by atoms with van der Waals surface area (Å²) in [5.74, 6) is 0.609. The number of aromatic nitrogens is 2. The van der Waals surface area contributed by atoms with E-state index in [-0.39, 0.29) is 11.4 Å². The minimum absolute atomic E-state index is 0.209. The molecule has 0 fully saturated rings. The largest absolute Gasteiger partial charge is 0.436 e. The highest BCUT2D eigenvalue weighted by atomic mass is 127. The molecule has 0 amide bonds. The van der Waals surface area contributed by atoms with Crippen LogP contribution in [0.3, 0.4) is 0 Å². The van der Waals surface area contributed by atoms with Gasteiger partial charge in [-0.3, -0.25) is 4.79 Å². The van der Waals surface area contributed by atoms with Crippen LogP contribution in [-0.2, 0) is 0 Å². The highest BCUT2D eigenvalue weighted by molar-refractivity contribution is 14.1. The molecule has 0 radical (unpaired) electrons. The van der Waals surface area contributed by atoms with Crippen LogP contribution in [0.15, 0.2) is 29.3 Å². The van der Waals surface area contributed by atoms with Gasteiger partial charge in [0.2, 0.25) is 5.88 Å². The number of benzene rings is 1. The van der Waals surface area contributed by atoms with Gasteiger partial charge >= 0.3 is 0 Å². The van der Waals surface area contributed by atoms with Crippen molar-refractivity contribution in [2.24, 2.45) is 0 Å². The molecule has 1 heterocycles. The fraction of sp³-hybridized carbons (Fsp3) is 0. The molecule has 0 unspecified atom stereocenters. The number of H-pyrrole nitrogens is 1. The standard InChI is InChI=1S/C10H7ClIN3O2/c11-6-3-5(13)1-2-7(6)17-10-8(12)9(16)14-4-15-10/h1-4H,13H2,(H,14,15,16). The molecule has 1 aromatic heterocycles.